The van der Waals surface area contributed by atoms with E-state index in [0.29, 0.717) is 0 Å². The molecular formula is C19H38. The van der Waals surface area contributed by atoms with Crippen molar-refractivity contribution in [3.8, 4) is 0 Å². The Bertz CT molecular complexity index is 174. The lowest BCUT2D eigenvalue weighted by molar-refractivity contribution is 0.328. The molecule has 0 N–H and O–H groups in total. The maximum atomic E-state index is 2.40. The van der Waals surface area contributed by atoms with Crippen LogP contribution >= 0.6 is 0 Å². The van der Waals surface area contributed by atoms with Crippen molar-refractivity contribution in [2.24, 2.45) is 11.8 Å². The van der Waals surface area contributed by atoms with Gasteiger partial charge in [-0.25, -0.2) is 0 Å². The van der Waals surface area contributed by atoms with Gasteiger partial charge in [-0.15, -0.1) is 0 Å². The molecule has 19 heavy (non-hydrogen) atoms. The van der Waals surface area contributed by atoms with Gasteiger partial charge in [0.2, 0.25) is 0 Å². The molecule has 0 saturated heterocycles. The van der Waals surface area contributed by atoms with Crippen LogP contribution in [0.5, 0.6) is 0 Å². The van der Waals surface area contributed by atoms with E-state index >= 15 is 0 Å². The van der Waals surface area contributed by atoms with Gasteiger partial charge in [-0.3, -0.25) is 0 Å². The van der Waals surface area contributed by atoms with Crippen molar-refractivity contribution >= 4 is 0 Å². The Morgan fingerprint density at radius 1 is 0.789 bits per heavy atom. The maximum Gasteiger partial charge on any atom is -0.0414 e. The van der Waals surface area contributed by atoms with E-state index < -0.39 is 0 Å². The number of hydrogen-bond acceptors (Lipinski definition) is 0. The molecule has 1 aliphatic rings. The zero-order valence-corrected chi connectivity index (χ0v) is 13.8. The normalized spacial score (nSPS) is 20.5. The van der Waals surface area contributed by atoms with E-state index in [2.05, 4.69) is 13.8 Å². The summed E-state index contributed by atoms with van der Waals surface area (Å²) in [6.07, 6.45) is 22.4. The molecule has 0 amide bonds. The molecule has 1 aliphatic carbocycles. The zero-order valence-electron chi connectivity index (χ0n) is 13.8. The van der Waals surface area contributed by atoms with Crippen LogP contribution in [0.1, 0.15) is 110 Å². The average Bonchev–Trinajstić information content (AvgIpc) is 2.56. The van der Waals surface area contributed by atoms with Crippen LogP contribution in [0, 0.1) is 11.8 Å². The quantitative estimate of drug-likeness (QED) is 0.410. The predicted octanol–water partition coefficient (Wildman–Crippen LogP) is 7.12. The second-order valence-electron chi connectivity index (χ2n) is 6.91. The summed E-state index contributed by atoms with van der Waals surface area (Å²) in [5.41, 5.74) is 0. The monoisotopic (exact) mass is 266 g/mol. The van der Waals surface area contributed by atoms with E-state index in [4.69, 9.17) is 0 Å². The van der Waals surface area contributed by atoms with Gasteiger partial charge in [-0.1, -0.05) is 110 Å². The Morgan fingerprint density at radius 2 is 1.42 bits per heavy atom. The standard InChI is InChI=1S/C19H38/c1-3-5-10-13-18(4-2)16-17-19-14-11-8-6-7-9-12-15-19/h18-19H,3-17H2,1-2H3. The fraction of sp³-hybridized carbons (Fsp3) is 1.00. The van der Waals surface area contributed by atoms with Gasteiger partial charge in [0, 0.05) is 0 Å². The fourth-order valence-electron chi connectivity index (χ4n) is 3.71. The third-order valence-corrected chi connectivity index (χ3v) is 5.25. The van der Waals surface area contributed by atoms with Crippen LogP contribution in [0.15, 0.2) is 0 Å². The summed E-state index contributed by atoms with van der Waals surface area (Å²) in [5, 5.41) is 0. The first-order valence-corrected chi connectivity index (χ1v) is 9.36. The number of rotatable bonds is 8. The van der Waals surface area contributed by atoms with Crippen molar-refractivity contribution in [3.63, 3.8) is 0 Å². The fourth-order valence-corrected chi connectivity index (χ4v) is 3.71. The third-order valence-electron chi connectivity index (χ3n) is 5.25. The molecule has 1 rings (SSSR count). The molecule has 1 unspecified atom stereocenters. The molecule has 0 bridgehead atoms. The summed E-state index contributed by atoms with van der Waals surface area (Å²) >= 11 is 0. The Morgan fingerprint density at radius 3 is 2.00 bits per heavy atom. The molecule has 0 radical (unpaired) electrons. The highest BCUT2D eigenvalue weighted by Gasteiger charge is 2.13. The summed E-state index contributed by atoms with van der Waals surface area (Å²) in [7, 11) is 0. The molecule has 1 atom stereocenters. The van der Waals surface area contributed by atoms with Crippen LogP contribution in [-0.4, -0.2) is 0 Å². The van der Waals surface area contributed by atoms with Gasteiger partial charge in [-0.05, 0) is 11.8 Å². The van der Waals surface area contributed by atoms with Crippen molar-refractivity contribution < 1.29 is 0 Å². The van der Waals surface area contributed by atoms with Crippen LogP contribution < -0.4 is 0 Å². The van der Waals surface area contributed by atoms with Gasteiger partial charge in [0.05, 0.1) is 0 Å². The van der Waals surface area contributed by atoms with Crippen molar-refractivity contribution in [2.75, 3.05) is 0 Å². The van der Waals surface area contributed by atoms with Gasteiger partial charge in [0.1, 0.15) is 0 Å². The first-order chi connectivity index (χ1) is 9.36. The van der Waals surface area contributed by atoms with Gasteiger partial charge in [0.15, 0.2) is 0 Å². The van der Waals surface area contributed by atoms with Crippen LogP contribution in [0.25, 0.3) is 0 Å². The van der Waals surface area contributed by atoms with Crippen LogP contribution in [0.3, 0.4) is 0 Å². The largest absolute Gasteiger partial charge is 0.0654 e. The second kappa shape index (κ2) is 11.8. The lowest BCUT2D eigenvalue weighted by atomic mass is 9.86. The van der Waals surface area contributed by atoms with Crippen molar-refractivity contribution in [1.82, 2.24) is 0 Å². The third kappa shape index (κ3) is 8.71. The van der Waals surface area contributed by atoms with Crippen molar-refractivity contribution in [2.45, 2.75) is 110 Å². The highest BCUT2D eigenvalue weighted by Crippen LogP contribution is 2.28. The highest BCUT2D eigenvalue weighted by molar-refractivity contribution is 4.66. The Balaban J connectivity index is 2.18. The van der Waals surface area contributed by atoms with E-state index in [0.717, 1.165) is 11.8 Å². The first-order valence-electron chi connectivity index (χ1n) is 9.36. The predicted molar refractivity (Wildman–Crippen MR) is 87.6 cm³/mol. The molecule has 1 fully saturated rings. The molecule has 0 heterocycles. The summed E-state index contributed by atoms with van der Waals surface area (Å²) in [6, 6.07) is 0. The van der Waals surface area contributed by atoms with E-state index in [-0.39, 0.29) is 0 Å². The lowest BCUT2D eigenvalue weighted by Gasteiger charge is -2.20. The van der Waals surface area contributed by atoms with Crippen LogP contribution in [0.4, 0.5) is 0 Å². The molecule has 0 nitrogen and oxygen atoms in total. The van der Waals surface area contributed by atoms with Crippen LogP contribution in [-0.2, 0) is 0 Å². The minimum absolute atomic E-state index is 1.03. The van der Waals surface area contributed by atoms with Gasteiger partial charge in [0.25, 0.3) is 0 Å². The average molecular weight is 267 g/mol. The van der Waals surface area contributed by atoms with Crippen LogP contribution in [0.2, 0.25) is 0 Å². The second-order valence-corrected chi connectivity index (χ2v) is 6.91. The van der Waals surface area contributed by atoms with Gasteiger partial charge < -0.3 is 0 Å². The minimum atomic E-state index is 1.03. The summed E-state index contributed by atoms with van der Waals surface area (Å²) in [5.74, 6) is 2.09. The van der Waals surface area contributed by atoms with E-state index in [1.165, 1.54) is 96.3 Å². The zero-order chi connectivity index (χ0) is 13.8. The molecule has 0 aromatic rings. The topological polar surface area (TPSA) is 0 Å². The van der Waals surface area contributed by atoms with E-state index in [9.17, 15) is 0 Å². The number of hydrogen-bond donors (Lipinski definition) is 0. The smallest absolute Gasteiger partial charge is 0.0414 e. The summed E-state index contributed by atoms with van der Waals surface area (Å²) in [6.45, 7) is 4.72. The number of unbranched alkanes of at least 4 members (excludes halogenated alkanes) is 2. The van der Waals surface area contributed by atoms with Crippen molar-refractivity contribution in [3.05, 3.63) is 0 Å². The summed E-state index contributed by atoms with van der Waals surface area (Å²) < 4.78 is 0. The first kappa shape index (κ1) is 17.1. The Kier molecular flexibility index (Phi) is 10.6. The molecule has 0 aromatic carbocycles. The molecule has 0 spiro atoms. The molecule has 0 heteroatoms. The molecule has 0 aliphatic heterocycles. The Hall–Kier alpha value is 0. The Labute approximate surface area is 122 Å². The molecule has 1 saturated carbocycles. The van der Waals surface area contributed by atoms with Gasteiger partial charge >= 0.3 is 0 Å². The highest BCUT2D eigenvalue weighted by atomic mass is 14.2. The lowest BCUT2D eigenvalue weighted by Crippen LogP contribution is -2.06. The SMILES string of the molecule is CCCCCC(CC)CCC1CCCCCCCC1. The van der Waals surface area contributed by atoms with E-state index in [1.807, 2.05) is 0 Å². The molecular weight excluding hydrogens is 228 g/mol. The maximum absolute atomic E-state index is 2.40. The molecule has 114 valence electrons. The van der Waals surface area contributed by atoms with Crippen molar-refractivity contribution in [1.29, 1.82) is 0 Å². The van der Waals surface area contributed by atoms with E-state index in [1.54, 1.807) is 0 Å². The van der Waals surface area contributed by atoms with Gasteiger partial charge in [-0.2, -0.15) is 0 Å². The minimum Gasteiger partial charge on any atom is -0.0654 e. The molecule has 0 aromatic heterocycles. The summed E-state index contributed by atoms with van der Waals surface area (Å²) in [4.78, 5) is 0.